The predicted molar refractivity (Wildman–Crippen MR) is 58.4 cm³/mol. The van der Waals surface area contributed by atoms with Gasteiger partial charge in [0, 0.05) is 25.5 Å². The van der Waals surface area contributed by atoms with Crippen LogP contribution in [0.25, 0.3) is 0 Å². The molecule has 0 spiro atoms. The second kappa shape index (κ2) is 6.64. The molecule has 1 rings (SSSR count). The van der Waals surface area contributed by atoms with Gasteiger partial charge in [0.25, 0.3) is 0 Å². The van der Waals surface area contributed by atoms with Crippen molar-refractivity contribution in [1.82, 2.24) is 15.5 Å². The highest BCUT2D eigenvalue weighted by Crippen LogP contribution is 1.97. The molecule has 0 saturated heterocycles. The van der Waals surface area contributed by atoms with Gasteiger partial charge in [0.2, 0.25) is 5.91 Å². The van der Waals surface area contributed by atoms with E-state index in [1.165, 1.54) is 7.11 Å². The zero-order valence-electron chi connectivity index (χ0n) is 9.47. The highest BCUT2D eigenvalue weighted by atomic mass is 16.5. The van der Waals surface area contributed by atoms with Gasteiger partial charge < -0.3 is 15.2 Å². The van der Waals surface area contributed by atoms with E-state index in [-0.39, 0.29) is 25.3 Å². The number of ether oxygens (including phenoxy) is 1. The van der Waals surface area contributed by atoms with Gasteiger partial charge in [-0.05, 0) is 6.07 Å². The first-order valence-electron chi connectivity index (χ1n) is 5.11. The normalized spacial score (nSPS) is 12.1. The van der Waals surface area contributed by atoms with Crippen molar-refractivity contribution in [1.29, 1.82) is 0 Å². The van der Waals surface area contributed by atoms with Crippen molar-refractivity contribution < 1.29 is 19.4 Å². The Morgan fingerprint density at radius 2 is 2.41 bits per heavy atom. The molecule has 1 atom stereocenters. The van der Waals surface area contributed by atoms with Crippen LogP contribution in [-0.4, -0.2) is 46.9 Å². The fourth-order valence-corrected chi connectivity index (χ4v) is 1.28. The maximum Gasteiger partial charge on any atom is 0.306 e. The van der Waals surface area contributed by atoms with Crippen LogP contribution in [-0.2, 0) is 20.7 Å². The van der Waals surface area contributed by atoms with Crippen LogP contribution in [0, 0.1) is 0 Å². The van der Waals surface area contributed by atoms with Crippen LogP contribution in [0.1, 0.15) is 12.1 Å². The summed E-state index contributed by atoms with van der Waals surface area (Å²) in [6.45, 7) is 0.176. The van der Waals surface area contributed by atoms with E-state index in [0.29, 0.717) is 5.69 Å². The number of aliphatic carboxylic acids is 1. The van der Waals surface area contributed by atoms with Crippen LogP contribution in [0.5, 0.6) is 0 Å². The number of amides is 1. The summed E-state index contributed by atoms with van der Waals surface area (Å²) in [6.07, 6.45) is 1.09. The van der Waals surface area contributed by atoms with E-state index in [4.69, 9.17) is 9.84 Å². The fraction of sp³-hybridized carbons (Fsp3) is 0.500. The van der Waals surface area contributed by atoms with E-state index in [1.807, 2.05) is 0 Å². The number of hydrogen-bond acceptors (Lipinski definition) is 4. The number of carboxylic acids is 1. The fourth-order valence-electron chi connectivity index (χ4n) is 1.28. The van der Waals surface area contributed by atoms with Gasteiger partial charge in [-0.3, -0.25) is 14.7 Å². The molecular weight excluding hydrogens is 226 g/mol. The molecule has 0 aliphatic rings. The molecule has 1 aromatic heterocycles. The first kappa shape index (κ1) is 13.2. The maximum atomic E-state index is 11.5. The van der Waals surface area contributed by atoms with Crippen molar-refractivity contribution in [3.05, 3.63) is 18.0 Å². The summed E-state index contributed by atoms with van der Waals surface area (Å²) in [6, 6.07) is 1.70. The van der Waals surface area contributed by atoms with E-state index in [9.17, 15) is 9.59 Å². The quantitative estimate of drug-likeness (QED) is 0.600. The number of carboxylic acid groups (broad SMARTS) is 1. The third-order valence-corrected chi connectivity index (χ3v) is 2.17. The summed E-state index contributed by atoms with van der Waals surface area (Å²) in [7, 11) is 1.41. The molecule has 0 radical (unpaired) electrons. The SMILES string of the molecule is COC(CNC(=O)Cc1ccn[nH]1)CC(=O)O. The van der Waals surface area contributed by atoms with Crippen molar-refractivity contribution in [3.63, 3.8) is 0 Å². The Morgan fingerprint density at radius 3 is 2.94 bits per heavy atom. The van der Waals surface area contributed by atoms with E-state index in [1.54, 1.807) is 12.3 Å². The van der Waals surface area contributed by atoms with Crippen molar-refractivity contribution in [2.75, 3.05) is 13.7 Å². The zero-order chi connectivity index (χ0) is 12.7. The summed E-state index contributed by atoms with van der Waals surface area (Å²) in [5.74, 6) is -1.17. The van der Waals surface area contributed by atoms with Crippen LogP contribution < -0.4 is 5.32 Å². The molecule has 17 heavy (non-hydrogen) atoms. The summed E-state index contributed by atoms with van der Waals surface area (Å²) >= 11 is 0. The summed E-state index contributed by atoms with van der Waals surface area (Å²) in [4.78, 5) is 21.9. The Kier molecular flexibility index (Phi) is 5.15. The lowest BCUT2D eigenvalue weighted by molar-refractivity contribution is -0.140. The Labute approximate surface area is 98.2 Å². The van der Waals surface area contributed by atoms with Crippen LogP contribution in [0.15, 0.2) is 12.3 Å². The molecule has 0 saturated carbocycles. The molecule has 7 heteroatoms. The topological polar surface area (TPSA) is 104 Å². The molecule has 0 bridgehead atoms. The monoisotopic (exact) mass is 241 g/mol. The number of aromatic amines is 1. The number of nitrogens with zero attached hydrogens (tertiary/aromatic N) is 1. The van der Waals surface area contributed by atoms with E-state index >= 15 is 0 Å². The van der Waals surface area contributed by atoms with Crippen LogP contribution in [0.4, 0.5) is 0 Å². The first-order valence-corrected chi connectivity index (χ1v) is 5.11. The number of aromatic nitrogens is 2. The Hall–Kier alpha value is -1.89. The molecule has 1 aromatic rings. The zero-order valence-corrected chi connectivity index (χ0v) is 9.47. The number of methoxy groups -OCH3 is 1. The second-order valence-corrected chi connectivity index (χ2v) is 3.52. The minimum absolute atomic E-state index is 0.138. The van der Waals surface area contributed by atoms with Crippen molar-refractivity contribution in [2.24, 2.45) is 0 Å². The first-order chi connectivity index (χ1) is 8.11. The molecule has 1 heterocycles. The van der Waals surface area contributed by atoms with Gasteiger partial charge in [-0.2, -0.15) is 5.10 Å². The van der Waals surface area contributed by atoms with Crippen molar-refractivity contribution in [2.45, 2.75) is 18.9 Å². The average Bonchev–Trinajstić information content (AvgIpc) is 2.76. The minimum atomic E-state index is -0.959. The Balaban J connectivity index is 2.29. The number of H-pyrrole nitrogens is 1. The lowest BCUT2D eigenvalue weighted by atomic mass is 10.2. The number of nitrogens with one attached hydrogen (secondary N) is 2. The molecule has 3 N–H and O–H groups in total. The third kappa shape index (κ3) is 5.12. The van der Waals surface area contributed by atoms with Gasteiger partial charge in [-0.1, -0.05) is 0 Å². The third-order valence-electron chi connectivity index (χ3n) is 2.17. The highest BCUT2D eigenvalue weighted by molar-refractivity contribution is 5.78. The Morgan fingerprint density at radius 1 is 1.65 bits per heavy atom. The van der Waals surface area contributed by atoms with Crippen molar-refractivity contribution in [3.8, 4) is 0 Å². The Bertz CT molecular complexity index is 364. The molecule has 0 fully saturated rings. The van der Waals surface area contributed by atoms with Gasteiger partial charge in [0.1, 0.15) is 0 Å². The maximum absolute atomic E-state index is 11.5. The van der Waals surface area contributed by atoms with Gasteiger partial charge in [-0.15, -0.1) is 0 Å². The summed E-state index contributed by atoms with van der Waals surface area (Å²) in [5, 5.41) is 17.6. The van der Waals surface area contributed by atoms with E-state index in [2.05, 4.69) is 15.5 Å². The van der Waals surface area contributed by atoms with Gasteiger partial charge >= 0.3 is 5.97 Å². The van der Waals surface area contributed by atoms with Gasteiger partial charge in [-0.25, -0.2) is 0 Å². The van der Waals surface area contributed by atoms with E-state index < -0.39 is 12.1 Å². The van der Waals surface area contributed by atoms with Crippen LogP contribution in [0.3, 0.4) is 0 Å². The number of rotatable bonds is 7. The largest absolute Gasteiger partial charge is 0.481 e. The molecule has 94 valence electrons. The summed E-state index contributed by atoms with van der Waals surface area (Å²) < 4.78 is 4.93. The standard InChI is InChI=1S/C10H15N3O4/c1-17-8(5-10(15)16)6-11-9(14)4-7-2-3-12-13-7/h2-3,8H,4-6H2,1H3,(H,11,14)(H,12,13)(H,15,16). The molecule has 7 nitrogen and oxygen atoms in total. The summed E-state index contributed by atoms with van der Waals surface area (Å²) in [5.41, 5.74) is 0.703. The average molecular weight is 241 g/mol. The number of hydrogen-bond donors (Lipinski definition) is 3. The molecule has 0 aromatic carbocycles. The highest BCUT2D eigenvalue weighted by Gasteiger charge is 2.13. The number of carbonyl (C=O) groups is 2. The molecule has 0 aliphatic carbocycles. The van der Waals surface area contributed by atoms with Crippen molar-refractivity contribution >= 4 is 11.9 Å². The van der Waals surface area contributed by atoms with Gasteiger partial charge in [0.05, 0.1) is 18.9 Å². The smallest absolute Gasteiger partial charge is 0.306 e. The lowest BCUT2D eigenvalue weighted by Gasteiger charge is -2.13. The number of carbonyl (C=O) groups excluding carboxylic acids is 1. The van der Waals surface area contributed by atoms with Crippen LogP contribution in [0.2, 0.25) is 0 Å². The van der Waals surface area contributed by atoms with Crippen LogP contribution >= 0.6 is 0 Å². The molecule has 1 amide bonds. The lowest BCUT2D eigenvalue weighted by Crippen LogP contribution is -2.35. The van der Waals surface area contributed by atoms with Gasteiger partial charge in [0.15, 0.2) is 0 Å². The predicted octanol–water partition coefficient (Wildman–Crippen LogP) is -0.442. The van der Waals surface area contributed by atoms with E-state index in [0.717, 1.165) is 0 Å². The molecule has 0 aliphatic heterocycles. The second-order valence-electron chi connectivity index (χ2n) is 3.52. The molecular formula is C10H15N3O4. The molecule has 1 unspecified atom stereocenters. The minimum Gasteiger partial charge on any atom is -0.481 e.